The molecule has 1 N–H and O–H groups in total. The van der Waals surface area contributed by atoms with Crippen LogP contribution in [-0.4, -0.2) is 28.1 Å². The summed E-state index contributed by atoms with van der Waals surface area (Å²) < 4.78 is 13.1. The Kier molecular flexibility index (Phi) is 4.99. The van der Waals surface area contributed by atoms with E-state index in [0.717, 1.165) is 31.4 Å². The number of nitrogens with zero attached hydrogens (tertiary/aromatic N) is 1. The van der Waals surface area contributed by atoms with Crippen LogP contribution in [0.4, 0.5) is 4.39 Å². The first kappa shape index (κ1) is 16.0. The van der Waals surface area contributed by atoms with E-state index in [2.05, 4.69) is 11.8 Å². The summed E-state index contributed by atoms with van der Waals surface area (Å²) in [7, 11) is 0. The average Bonchev–Trinajstić information content (AvgIpc) is 2.87. The first-order valence-corrected chi connectivity index (χ1v) is 7.80. The molecule has 0 radical (unpaired) electrons. The van der Waals surface area contributed by atoms with E-state index in [0.29, 0.717) is 12.8 Å². The van der Waals surface area contributed by atoms with E-state index < -0.39 is 11.5 Å². The third-order valence-electron chi connectivity index (χ3n) is 4.62. The summed E-state index contributed by atoms with van der Waals surface area (Å²) in [5, 5.41) is 9.80. The number of carboxylic acids is 1. The van der Waals surface area contributed by atoms with Gasteiger partial charge in [-0.25, -0.2) is 4.39 Å². The van der Waals surface area contributed by atoms with Gasteiger partial charge in [0.15, 0.2) is 0 Å². The molecule has 2 atom stereocenters. The van der Waals surface area contributed by atoms with Crippen LogP contribution in [-0.2, 0) is 4.79 Å². The van der Waals surface area contributed by atoms with Gasteiger partial charge in [-0.15, -0.1) is 0 Å². The third kappa shape index (κ3) is 2.95. The summed E-state index contributed by atoms with van der Waals surface area (Å²) in [6.45, 7) is 4.88. The second-order valence-electron chi connectivity index (χ2n) is 5.86. The molecule has 1 fully saturated rings. The molecule has 0 aromatic heterocycles. The average molecular weight is 293 g/mol. The first-order valence-electron chi connectivity index (χ1n) is 7.80. The minimum absolute atomic E-state index is 0.0377. The van der Waals surface area contributed by atoms with Crippen molar-refractivity contribution in [1.82, 2.24) is 4.90 Å². The number of rotatable bonds is 6. The molecular formula is C17H24FNO2. The zero-order valence-corrected chi connectivity index (χ0v) is 12.8. The Morgan fingerprint density at radius 1 is 1.38 bits per heavy atom. The number of carbonyl (C=O) groups is 1. The quantitative estimate of drug-likeness (QED) is 0.862. The van der Waals surface area contributed by atoms with Gasteiger partial charge < -0.3 is 5.11 Å². The molecule has 0 saturated carbocycles. The predicted molar refractivity (Wildman–Crippen MR) is 80.6 cm³/mol. The van der Waals surface area contributed by atoms with Crippen molar-refractivity contribution in [2.45, 2.75) is 57.5 Å². The van der Waals surface area contributed by atoms with Gasteiger partial charge in [0.1, 0.15) is 11.4 Å². The molecule has 1 aliphatic heterocycles. The molecule has 1 heterocycles. The van der Waals surface area contributed by atoms with Crippen molar-refractivity contribution in [3.63, 3.8) is 0 Å². The highest BCUT2D eigenvalue weighted by Gasteiger charge is 2.49. The van der Waals surface area contributed by atoms with E-state index in [4.69, 9.17) is 0 Å². The fourth-order valence-corrected chi connectivity index (χ4v) is 3.69. The maximum Gasteiger partial charge on any atom is 0.324 e. The maximum absolute atomic E-state index is 13.1. The van der Waals surface area contributed by atoms with Crippen LogP contribution in [0.5, 0.6) is 0 Å². The fourth-order valence-electron chi connectivity index (χ4n) is 3.69. The molecule has 1 saturated heterocycles. The van der Waals surface area contributed by atoms with Gasteiger partial charge in [-0.1, -0.05) is 32.4 Å². The van der Waals surface area contributed by atoms with Gasteiger partial charge in [-0.2, -0.15) is 0 Å². The van der Waals surface area contributed by atoms with Crippen LogP contribution in [0.1, 0.15) is 57.6 Å². The van der Waals surface area contributed by atoms with Crippen LogP contribution in [0.2, 0.25) is 0 Å². The minimum Gasteiger partial charge on any atom is -0.480 e. The van der Waals surface area contributed by atoms with E-state index in [1.807, 2.05) is 6.92 Å². The number of benzene rings is 1. The monoisotopic (exact) mass is 293 g/mol. The van der Waals surface area contributed by atoms with Crippen molar-refractivity contribution in [3.8, 4) is 0 Å². The van der Waals surface area contributed by atoms with Gasteiger partial charge in [-0.3, -0.25) is 9.69 Å². The van der Waals surface area contributed by atoms with E-state index in [1.165, 1.54) is 12.1 Å². The summed E-state index contributed by atoms with van der Waals surface area (Å²) in [6.07, 6.45) is 3.95. The van der Waals surface area contributed by atoms with Crippen LogP contribution in [0.15, 0.2) is 24.3 Å². The van der Waals surface area contributed by atoms with Crippen LogP contribution in [0.3, 0.4) is 0 Å². The highest BCUT2D eigenvalue weighted by Crippen LogP contribution is 2.41. The summed E-state index contributed by atoms with van der Waals surface area (Å²) in [5.41, 5.74) is 0.242. The van der Waals surface area contributed by atoms with Crippen molar-refractivity contribution < 1.29 is 14.3 Å². The third-order valence-corrected chi connectivity index (χ3v) is 4.62. The Morgan fingerprint density at radius 2 is 2.05 bits per heavy atom. The van der Waals surface area contributed by atoms with Gasteiger partial charge in [0.2, 0.25) is 0 Å². The highest BCUT2D eigenvalue weighted by molar-refractivity contribution is 5.79. The number of hydrogen-bond acceptors (Lipinski definition) is 2. The van der Waals surface area contributed by atoms with Gasteiger partial charge in [-0.05, 0) is 49.9 Å². The Bertz CT molecular complexity index is 488. The maximum atomic E-state index is 13.1. The zero-order valence-electron chi connectivity index (χ0n) is 12.8. The Balaban J connectivity index is 2.35. The fraction of sp³-hybridized carbons (Fsp3) is 0.588. The second kappa shape index (κ2) is 6.56. The molecular weight excluding hydrogens is 269 g/mol. The van der Waals surface area contributed by atoms with Crippen molar-refractivity contribution in [2.75, 3.05) is 6.54 Å². The molecule has 0 aliphatic carbocycles. The Hall–Kier alpha value is -1.42. The van der Waals surface area contributed by atoms with Crippen molar-refractivity contribution >= 4 is 5.97 Å². The topological polar surface area (TPSA) is 40.5 Å². The lowest BCUT2D eigenvalue weighted by molar-refractivity contribution is -0.152. The Morgan fingerprint density at radius 3 is 2.57 bits per heavy atom. The molecule has 3 nitrogen and oxygen atoms in total. The molecule has 0 spiro atoms. The molecule has 1 aliphatic rings. The second-order valence-corrected chi connectivity index (χ2v) is 5.86. The Labute approximate surface area is 125 Å². The van der Waals surface area contributed by atoms with Crippen molar-refractivity contribution in [1.29, 1.82) is 0 Å². The molecule has 116 valence electrons. The van der Waals surface area contributed by atoms with Gasteiger partial charge in [0.05, 0.1) is 0 Å². The van der Waals surface area contributed by atoms with Gasteiger partial charge in [0, 0.05) is 6.04 Å². The van der Waals surface area contributed by atoms with Gasteiger partial charge >= 0.3 is 5.97 Å². The number of hydrogen-bond donors (Lipinski definition) is 1. The van der Waals surface area contributed by atoms with E-state index in [1.54, 1.807) is 12.1 Å². The molecule has 2 unspecified atom stereocenters. The standard InChI is InChI=1S/C17H24FNO2/c1-3-10-17(16(20)21)11-5-12-19(17)15(4-2)13-6-8-14(18)9-7-13/h6-9,15H,3-5,10-12H2,1-2H3,(H,20,21). The lowest BCUT2D eigenvalue weighted by Crippen LogP contribution is -2.51. The number of likely N-dealkylation sites (tertiary alicyclic amines) is 1. The van der Waals surface area contributed by atoms with Crippen molar-refractivity contribution in [3.05, 3.63) is 35.6 Å². The molecule has 0 amide bonds. The molecule has 4 heteroatoms. The molecule has 2 rings (SSSR count). The highest BCUT2D eigenvalue weighted by atomic mass is 19.1. The molecule has 1 aromatic carbocycles. The van der Waals surface area contributed by atoms with E-state index >= 15 is 0 Å². The summed E-state index contributed by atoms with van der Waals surface area (Å²) >= 11 is 0. The summed E-state index contributed by atoms with van der Waals surface area (Å²) in [6, 6.07) is 6.50. The largest absolute Gasteiger partial charge is 0.480 e. The van der Waals surface area contributed by atoms with E-state index in [9.17, 15) is 14.3 Å². The zero-order chi connectivity index (χ0) is 15.5. The van der Waals surface area contributed by atoms with Crippen molar-refractivity contribution in [2.24, 2.45) is 0 Å². The van der Waals surface area contributed by atoms with Crippen LogP contribution in [0, 0.1) is 5.82 Å². The predicted octanol–water partition coefficient (Wildman–Crippen LogP) is 4.00. The smallest absolute Gasteiger partial charge is 0.324 e. The minimum atomic E-state index is -0.760. The normalized spacial score (nSPS) is 24.1. The van der Waals surface area contributed by atoms with E-state index in [-0.39, 0.29) is 11.9 Å². The first-order chi connectivity index (χ1) is 10.0. The molecule has 0 bridgehead atoms. The lowest BCUT2D eigenvalue weighted by atomic mass is 9.88. The molecule has 21 heavy (non-hydrogen) atoms. The van der Waals surface area contributed by atoms with Crippen LogP contribution in [0.25, 0.3) is 0 Å². The number of carboxylic acid groups (broad SMARTS) is 1. The lowest BCUT2D eigenvalue weighted by Gasteiger charge is -2.40. The molecule has 1 aromatic rings. The summed E-state index contributed by atoms with van der Waals surface area (Å²) in [5.74, 6) is -0.976. The van der Waals surface area contributed by atoms with Crippen LogP contribution >= 0.6 is 0 Å². The number of halogens is 1. The SMILES string of the molecule is CCCC1(C(=O)O)CCCN1C(CC)c1ccc(F)cc1. The summed E-state index contributed by atoms with van der Waals surface area (Å²) in [4.78, 5) is 14.1. The van der Waals surface area contributed by atoms with Gasteiger partial charge in [0.25, 0.3) is 0 Å². The number of aliphatic carboxylic acids is 1. The van der Waals surface area contributed by atoms with Crippen LogP contribution < -0.4 is 0 Å².